The summed E-state index contributed by atoms with van der Waals surface area (Å²) >= 11 is 12.5. The van der Waals surface area contributed by atoms with Crippen LogP contribution in [0.5, 0.6) is 11.5 Å². The van der Waals surface area contributed by atoms with Crippen molar-refractivity contribution < 1.29 is 27.5 Å². The highest BCUT2D eigenvalue weighted by molar-refractivity contribution is 7.92. The summed E-state index contributed by atoms with van der Waals surface area (Å²) in [5, 5.41) is 3.58. The highest BCUT2D eigenvalue weighted by Gasteiger charge is 2.34. The van der Waals surface area contributed by atoms with E-state index < -0.39 is 28.5 Å². The maximum Gasteiger partial charge on any atom is 0.264 e. The standard InChI is InChI=1S/C29H33Cl2N3O6S/c1-5-25(29(36)32-6-2)33(18-20-9-7-8-10-24(20)31)28(35)19-34(22-13-11-21(30)12-14-22)41(37,38)23-15-16-26(39-3)27(17-23)40-4/h7-17,25H,5-6,18-19H2,1-4H3,(H,32,36). The Bertz CT molecular complexity index is 1470. The number of ether oxygens (including phenoxy) is 2. The van der Waals surface area contributed by atoms with Gasteiger partial charge in [0.25, 0.3) is 10.0 Å². The molecule has 3 aromatic carbocycles. The average molecular weight is 623 g/mol. The SMILES string of the molecule is CCNC(=O)C(CC)N(Cc1ccccc1Cl)C(=O)CN(c1ccc(Cl)cc1)S(=O)(=O)c1ccc(OC)c(OC)c1. The van der Waals surface area contributed by atoms with Gasteiger partial charge < -0.3 is 19.7 Å². The van der Waals surface area contributed by atoms with Gasteiger partial charge in [-0.3, -0.25) is 13.9 Å². The summed E-state index contributed by atoms with van der Waals surface area (Å²) in [7, 11) is -1.48. The molecule has 3 aromatic rings. The Labute approximate surface area is 251 Å². The minimum absolute atomic E-state index is 0.000980. The third-order valence-corrected chi connectivity index (χ3v) is 8.76. The minimum Gasteiger partial charge on any atom is -0.493 e. The predicted octanol–water partition coefficient (Wildman–Crippen LogP) is 5.15. The van der Waals surface area contributed by atoms with E-state index in [-0.39, 0.29) is 28.8 Å². The van der Waals surface area contributed by atoms with Gasteiger partial charge in [-0.2, -0.15) is 0 Å². The van der Waals surface area contributed by atoms with Crippen LogP contribution in [0.2, 0.25) is 10.0 Å². The lowest BCUT2D eigenvalue weighted by Gasteiger charge is -2.33. The summed E-state index contributed by atoms with van der Waals surface area (Å²) in [6.45, 7) is 3.33. The minimum atomic E-state index is -4.32. The second-order valence-electron chi connectivity index (χ2n) is 8.94. The first kappa shape index (κ1) is 32.0. The van der Waals surface area contributed by atoms with Crippen LogP contribution >= 0.6 is 23.2 Å². The van der Waals surface area contributed by atoms with Crippen LogP contribution in [0.25, 0.3) is 0 Å². The van der Waals surface area contributed by atoms with E-state index in [2.05, 4.69) is 5.32 Å². The molecule has 0 saturated heterocycles. The summed E-state index contributed by atoms with van der Waals surface area (Å²) in [6.07, 6.45) is 0.297. The van der Waals surface area contributed by atoms with Crippen molar-refractivity contribution in [3.63, 3.8) is 0 Å². The molecule has 0 aliphatic carbocycles. The molecule has 1 atom stereocenters. The van der Waals surface area contributed by atoms with Crippen molar-refractivity contribution in [2.75, 3.05) is 31.6 Å². The Morgan fingerprint density at radius 3 is 2.17 bits per heavy atom. The predicted molar refractivity (Wildman–Crippen MR) is 160 cm³/mol. The van der Waals surface area contributed by atoms with Crippen LogP contribution in [-0.4, -0.2) is 58.5 Å². The van der Waals surface area contributed by atoms with Crippen molar-refractivity contribution in [3.8, 4) is 11.5 Å². The number of nitrogens with zero attached hydrogens (tertiary/aromatic N) is 2. The summed E-state index contributed by atoms with van der Waals surface area (Å²) in [5.41, 5.74) is 0.826. The van der Waals surface area contributed by atoms with Crippen molar-refractivity contribution in [2.45, 2.75) is 37.8 Å². The molecule has 9 nitrogen and oxygen atoms in total. The number of halogens is 2. The summed E-state index contributed by atoms with van der Waals surface area (Å²) < 4.78 is 39.7. The Morgan fingerprint density at radius 2 is 1.59 bits per heavy atom. The number of carbonyl (C=O) groups is 2. The van der Waals surface area contributed by atoms with Gasteiger partial charge in [0.1, 0.15) is 12.6 Å². The third kappa shape index (κ3) is 7.63. The molecule has 0 fully saturated rings. The fraction of sp³-hybridized carbons (Fsp3) is 0.310. The molecule has 0 radical (unpaired) electrons. The van der Waals surface area contributed by atoms with Crippen molar-refractivity contribution in [2.24, 2.45) is 0 Å². The maximum atomic E-state index is 14.1. The summed E-state index contributed by atoms with van der Waals surface area (Å²) in [5.74, 6) is -0.393. The lowest BCUT2D eigenvalue weighted by molar-refractivity contribution is -0.140. The highest BCUT2D eigenvalue weighted by Crippen LogP contribution is 2.33. The van der Waals surface area contributed by atoms with Crippen LogP contribution in [0.4, 0.5) is 5.69 Å². The summed E-state index contributed by atoms with van der Waals surface area (Å²) in [4.78, 5) is 28.3. The number of rotatable bonds is 13. The second kappa shape index (κ2) is 14.4. The molecule has 0 aromatic heterocycles. The van der Waals surface area contributed by atoms with Gasteiger partial charge in [0.05, 0.1) is 24.8 Å². The van der Waals surface area contributed by atoms with E-state index in [0.29, 0.717) is 34.3 Å². The van der Waals surface area contributed by atoms with Crippen LogP contribution in [0.15, 0.2) is 71.6 Å². The van der Waals surface area contributed by atoms with Crippen molar-refractivity contribution in [1.82, 2.24) is 10.2 Å². The molecular weight excluding hydrogens is 589 g/mol. The number of nitrogens with one attached hydrogen (secondary N) is 1. The van der Waals surface area contributed by atoms with Crippen molar-refractivity contribution >= 4 is 50.7 Å². The average Bonchev–Trinajstić information content (AvgIpc) is 2.96. The molecule has 41 heavy (non-hydrogen) atoms. The fourth-order valence-electron chi connectivity index (χ4n) is 4.26. The van der Waals surface area contributed by atoms with Gasteiger partial charge in [-0.15, -0.1) is 0 Å². The monoisotopic (exact) mass is 621 g/mol. The zero-order valence-electron chi connectivity index (χ0n) is 23.3. The Balaban J connectivity index is 2.10. The van der Waals surface area contributed by atoms with Gasteiger partial charge in [-0.05, 0) is 61.4 Å². The number of benzene rings is 3. The molecule has 1 unspecified atom stereocenters. The van der Waals surface area contributed by atoms with E-state index >= 15 is 0 Å². The number of methoxy groups -OCH3 is 2. The quantitative estimate of drug-likeness (QED) is 0.283. The summed E-state index contributed by atoms with van der Waals surface area (Å²) in [6, 6.07) is 16.4. The lowest BCUT2D eigenvalue weighted by Crippen LogP contribution is -2.52. The zero-order valence-corrected chi connectivity index (χ0v) is 25.6. The molecule has 0 saturated carbocycles. The Morgan fingerprint density at radius 1 is 0.927 bits per heavy atom. The van der Waals surface area contributed by atoms with E-state index in [4.69, 9.17) is 32.7 Å². The number of sulfonamides is 1. The lowest BCUT2D eigenvalue weighted by atomic mass is 10.1. The number of likely N-dealkylation sites (N-methyl/N-ethyl adjacent to an activating group) is 1. The van der Waals surface area contributed by atoms with Gasteiger partial charge in [0, 0.05) is 29.2 Å². The van der Waals surface area contributed by atoms with Gasteiger partial charge in [0.2, 0.25) is 11.8 Å². The molecule has 0 aliphatic rings. The smallest absolute Gasteiger partial charge is 0.264 e. The number of hydrogen-bond acceptors (Lipinski definition) is 6. The molecule has 3 rings (SSSR count). The number of carbonyl (C=O) groups excluding carboxylic acids is 2. The van der Waals surface area contributed by atoms with Crippen LogP contribution in [0, 0.1) is 0 Å². The van der Waals surface area contributed by atoms with Crippen LogP contribution in [0.1, 0.15) is 25.8 Å². The fourth-order valence-corrected chi connectivity index (χ4v) is 6.01. The van der Waals surface area contributed by atoms with Gasteiger partial charge in [-0.1, -0.05) is 48.3 Å². The zero-order chi connectivity index (χ0) is 30.2. The Kier molecular flexibility index (Phi) is 11.3. The van der Waals surface area contributed by atoms with Gasteiger partial charge >= 0.3 is 0 Å². The molecule has 0 spiro atoms. The normalized spacial score (nSPS) is 11.9. The van der Waals surface area contributed by atoms with Gasteiger partial charge in [-0.25, -0.2) is 8.42 Å². The maximum absolute atomic E-state index is 14.1. The number of amides is 2. The van der Waals surface area contributed by atoms with Crippen LogP contribution < -0.4 is 19.1 Å². The topological polar surface area (TPSA) is 105 Å². The van der Waals surface area contributed by atoms with E-state index in [1.54, 1.807) is 38.1 Å². The van der Waals surface area contributed by atoms with E-state index in [1.807, 2.05) is 0 Å². The molecule has 0 bridgehead atoms. The first-order valence-electron chi connectivity index (χ1n) is 12.9. The van der Waals surface area contributed by atoms with Crippen LogP contribution in [0.3, 0.4) is 0 Å². The largest absolute Gasteiger partial charge is 0.493 e. The molecule has 2 amide bonds. The molecule has 12 heteroatoms. The number of hydrogen-bond donors (Lipinski definition) is 1. The van der Waals surface area contributed by atoms with E-state index in [0.717, 1.165) is 4.31 Å². The Hall–Kier alpha value is -3.47. The first-order chi connectivity index (χ1) is 19.6. The van der Waals surface area contributed by atoms with Crippen molar-refractivity contribution in [3.05, 3.63) is 82.3 Å². The molecule has 0 heterocycles. The molecule has 0 aliphatic heterocycles. The molecular formula is C29H33Cl2N3O6S. The third-order valence-electron chi connectivity index (χ3n) is 6.37. The van der Waals surface area contributed by atoms with E-state index in [9.17, 15) is 18.0 Å². The first-order valence-corrected chi connectivity index (χ1v) is 15.1. The van der Waals surface area contributed by atoms with Crippen molar-refractivity contribution in [1.29, 1.82) is 0 Å². The highest BCUT2D eigenvalue weighted by atomic mass is 35.5. The number of anilines is 1. The van der Waals surface area contributed by atoms with Crippen LogP contribution in [-0.2, 0) is 26.2 Å². The van der Waals surface area contributed by atoms with Gasteiger partial charge in [0.15, 0.2) is 11.5 Å². The second-order valence-corrected chi connectivity index (χ2v) is 11.6. The van der Waals surface area contributed by atoms with E-state index in [1.165, 1.54) is 61.6 Å². The molecule has 1 N–H and O–H groups in total. The molecule has 220 valence electrons.